The van der Waals surface area contributed by atoms with Gasteiger partial charge in [-0.2, -0.15) is 0 Å². The lowest BCUT2D eigenvalue weighted by Gasteiger charge is -2.09. The van der Waals surface area contributed by atoms with Crippen molar-refractivity contribution in [1.82, 2.24) is 9.55 Å². The minimum absolute atomic E-state index is 0.0710. The van der Waals surface area contributed by atoms with E-state index < -0.39 is 17.2 Å². The van der Waals surface area contributed by atoms with Gasteiger partial charge in [0.25, 0.3) is 11.5 Å². The summed E-state index contributed by atoms with van der Waals surface area (Å²) in [6.45, 7) is 1.73. The van der Waals surface area contributed by atoms with E-state index in [-0.39, 0.29) is 12.1 Å². The van der Waals surface area contributed by atoms with Crippen LogP contribution in [0.2, 0.25) is 5.02 Å². The summed E-state index contributed by atoms with van der Waals surface area (Å²) in [5.74, 6) is -0.212. The van der Waals surface area contributed by atoms with Crippen molar-refractivity contribution >= 4 is 23.2 Å². The molecular weight excluding hydrogens is 346 g/mol. The van der Waals surface area contributed by atoms with Crippen molar-refractivity contribution in [3.63, 3.8) is 0 Å². The number of furan rings is 1. The van der Waals surface area contributed by atoms with E-state index in [1.165, 1.54) is 6.26 Å². The molecule has 0 aliphatic heterocycles. The van der Waals surface area contributed by atoms with E-state index in [1.54, 1.807) is 37.3 Å². The number of H-pyrrole nitrogens is 1. The van der Waals surface area contributed by atoms with Gasteiger partial charge in [-0.3, -0.25) is 14.2 Å². The van der Waals surface area contributed by atoms with Crippen molar-refractivity contribution in [1.29, 1.82) is 0 Å². The molecule has 0 saturated carbocycles. The van der Waals surface area contributed by atoms with Gasteiger partial charge in [0.15, 0.2) is 0 Å². The molecule has 1 amide bonds. The molecule has 8 heteroatoms. The number of carbonyl (C=O) groups excluding carboxylic acids is 1. The van der Waals surface area contributed by atoms with E-state index in [1.807, 2.05) is 0 Å². The average Bonchev–Trinajstić information content (AvgIpc) is 3.08. The van der Waals surface area contributed by atoms with Gasteiger partial charge in [0, 0.05) is 16.9 Å². The molecule has 0 spiro atoms. The first kappa shape index (κ1) is 16.8. The fourth-order valence-electron chi connectivity index (χ4n) is 2.29. The summed E-state index contributed by atoms with van der Waals surface area (Å²) in [6.07, 6.45) is 2.53. The lowest BCUT2D eigenvalue weighted by Crippen LogP contribution is -2.39. The summed E-state index contributed by atoms with van der Waals surface area (Å²) in [7, 11) is 0. The molecule has 0 saturated heterocycles. The number of aryl methyl sites for hydroxylation is 1. The average molecular weight is 360 g/mol. The fourth-order valence-corrected chi connectivity index (χ4v) is 2.47. The monoisotopic (exact) mass is 359 g/mol. The van der Waals surface area contributed by atoms with Gasteiger partial charge in [-0.25, -0.2) is 4.79 Å². The second-order valence-electron chi connectivity index (χ2n) is 5.39. The molecule has 0 aliphatic rings. The van der Waals surface area contributed by atoms with E-state index in [0.717, 1.165) is 16.3 Å². The van der Waals surface area contributed by atoms with E-state index in [9.17, 15) is 14.4 Å². The maximum absolute atomic E-state index is 12.5. The summed E-state index contributed by atoms with van der Waals surface area (Å²) in [4.78, 5) is 39.3. The molecule has 2 aromatic heterocycles. The third-order valence-corrected chi connectivity index (χ3v) is 3.88. The van der Waals surface area contributed by atoms with Crippen molar-refractivity contribution in [3.05, 3.63) is 85.5 Å². The van der Waals surface area contributed by atoms with E-state index in [4.69, 9.17) is 16.0 Å². The number of aromatic amines is 1. The topological polar surface area (TPSA) is 97.1 Å². The van der Waals surface area contributed by atoms with Crippen LogP contribution in [0.3, 0.4) is 0 Å². The number of hydrogen-bond acceptors (Lipinski definition) is 4. The quantitative estimate of drug-likeness (QED) is 0.747. The molecule has 2 heterocycles. The summed E-state index contributed by atoms with van der Waals surface area (Å²) in [6, 6.07) is 8.31. The molecule has 0 fully saturated rings. The number of rotatable bonds is 4. The zero-order chi connectivity index (χ0) is 18.0. The molecule has 3 rings (SSSR count). The number of benzene rings is 1. The Hall–Kier alpha value is -3.06. The van der Waals surface area contributed by atoms with Crippen molar-refractivity contribution in [2.45, 2.75) is 13.5 Å². The van der Waals surface area contributed by atoms with Crippen LogP contribution in [0.1, 0.15) is 21.7 Å². The van der Waals surface area contributed by atoms with Gasteiger partial charge in [0.1, 0.15) is 11.3 Å². The molecule has 3 aromatic rings. The highest BCUT2D eigenvalue weighted by molar-refractivity contribution is 6.31. The third-order valence-electron chi connectivity index (χ3n) is 3.65. The number of hydrogen-bond donors (Lipinski definition) is 2. The number of anilines is 1. The Labute approximate surface area is 146 Å². The second kappa shape index (κ2) is 6.82. The summed E-state index contributed by atoms with van der Waals surface area (Å²) in [5.41, 5.74) is -0.251. The van der Waals surface area contributed by atoms with Crippen LogP contribution in [0, 0.1) is 6.92 Å². The molecule has 2 N–H and O–H groups in total. The molecule has 0 aliphatic carbocycles. The molecule has 0 radical (unpaired) electrons. The third kappa shape index (κ3) is 3.56. The van der Waals surface area contributed by atoms with Crippen LogP contribution in [0.15, 0.2) is 56.8 Å². The first-order valence-corrected chi connectivity index (χ1v) is 7.76. The van der Waals surface area contributed by atoms with Crippen molar-refractivity contribution in [2.75, 3.05) is 5.32 Å². The molecule has 128 valence electrons. The highest BCUT2D eigenvalue weighted by Gasteiger charge is 2.16. The molecule has 7 nitrogen and oxygen atoms in total. The Morgan fingerprint density at radius 3 is 2.84 bits per heavy atom. The van der Waals surface area contributed by atoms with Gasteiger partial charge in [-0.05, 0) is 36.8 Å². The predicted octanol–water partition coefficient (Wildman–Crippen LogP) is 2.39. The number of halogens is 1. The zero-order valence-corrected chi connectivity index (χ0v) is 14.0. The Morgan fingerprint density at radius 2 is 2.12 bits per heavy atom. The maximum atomic E-state index is 12.5. The molecule has 1 aromatic carbocycles. The minimum Gasteiger partial charge on any atom is -0.467 e. The van der Waals surface area contributed by atoms with Crippen molar-refractivity contribution in [3.8, 4) is 0 Å². The first-order chi connectivity index (χ1) is 12.0. The minimum atomic E-state index is -0.711. The summed E-state index contributed by atoms with van der Waals surface area (Å²) in [5, 5.41) is 3.09. The second-order valence-corrected chi connectivity index (χ2v) is 5.83. The lowest BCUT2D eigenvalue weighted by molar-refractivity contribution is 0.102. The molecule has 0 bridgehead atoms. The molecule has 0 atom stereocenters. The van der Waals surface area contributed by atoms with Gasteiger partial charge in [0.2, 0.25) is 0 Å². The van der Waals surface area contributed by atoms with E-state index >= 15 is 0 Å². The number of aromatic nitrogens is 2. The van der Waals surface area contributed by atoms with Crippen LogP contribution in [-0.4, -0.2) is 15.5 Å². The van der Waals surface area contributed by atoms with Crippen LogP contribution in [0.4, 0.5) is 5.69 Å². The highest BCUT2D eigenvalue weighted by atomic mass is 35.5. The standard InChI is InChI=1S/C17H14ClN3O4/c1-10-4-5-11(18)7-14(10)20-15(22)13-8-19-17(24)21(16(13)23)9-12-3-2-6-25-12/h2-8H,9H2,1H3,(H,19,24)(H,20,22). The lowest BCUT2D eigenvalue weighted by atomic mass is 10.2. The molecule has 25 heavy (non-hydrogen) atoms. The highest BCUT2D eigenvalue weighted by Crippen LogP contribution is 2.20. The Balaban J connectivity index is 1.94. The van der Waals surface area contributed by atoms with Gasteiger partial charge in [0.05, 0.1) is 12.8 Å². The fraction of sp³-hybridized carbons (Fsp3) is 0.118. The number of nitrogens with zero attached hydrogens (tertiary/aromatic N) is 1. The van der Waals surface area contributed by atoms with Gasteiger partial charge >= 0.3 is 5.69 Å². The largest absolute Gasteiger partial charge is 0.467 e. The Kier molecular flexibility index (Phi) is 4.58. The van der Waals surface area contributed by atoms with Crippen molar-refractivity contribution < 1.29 is 9.21 Å². The number of carbonyl (C=O) groups is 1. The zero-order valence-electron chi connectivity index (χ0n) is 13.2. The SMILES string of the molecule is Cc1ccc(Cl)cc1NC(=O)c1c[nH]c(=O)n(Cc2ccco2)c1=O. The number of nitrogens with one attached hydrogen (secondary N) is 2. The number of amides is 1. The Bertz CT molecular complexity index is 1030. The predicted molar refractivity (Wildman–Crippen MR) is 93.3 cm³/mol. The molecule has 0 unspecified atom stereocenters. The normalized spacial score (nSPS) is 10.6. The van der Waals surface area contributed by atoms with Crippen LogP contribution in [0.5, 0.6) is 0 Å². The smallest absolute Gasteiger partial charge is 0.328 e. The van der Waals surface area contributed by atoms with Crippen LogP contribution >= 0.6 is 11.6 Å². The van der Waals surface area contributed by atoms with Crippen LogP contribution < -0.4 is 16.6 Å². The van der Waals surface area contributed by atoms with Crippen LogP contribution in [0.25, 0.3) is 0 Å². The van der Waals surface area contributed by atoms with E-state index in [0.29, 0.717) is 16.5 Å². The Morgan fingerprint density at radius 1 is 1.32 bits per heavy atom. The maximum Gasteiger partial charge on any atom is 0.328 e. The molecular formula is C17H14ClN3O4. The van der Waals surface area contributed by atoms with Crippen LogP contribution in [-0.2, 0) is 6.54 Å². The summed E-state index contributed by atoms with van der Waals surface area (Å²) >= 11 is 5.93. The van der Waals surface area contributed by atoms with Gasteiger partial charge in [-0.15, -0.1) is 0 Å². The summed E-state index contributed by atoms with van der Waals surface area (Å²) < 4.78 is 6.05. The van der Waals surface area contributed by atoms with E-state index in [2.05, 4.69) is 10.3 Å². The van der Waals surface area contributed by atoms with Gasteiger partial charge < -0.3 is 14.7 Å². The van der Waals surface area contributed by atoms with Gasteiger partial charge in [-0.1, -0.05) is 17.7 Å². The first-order valence-electron chi connectivity index (χ1n) is 7.38. The van der Waals surface area contributed by atoms with Crippen molar-refractivity contribution in [2.24, 2.45) is 0 Å².